The number of carboxylic acids is 2. The molecule has 25 heavy (non-hydrogen) atoms. The summed E-state index contributed by atoms with van der Waals surface area (Å²) in [5.41, 5.74) is 3.36. The number of fused-ring (bicyclic) bond motifs is 1. The van der Waals surface area contributed by atoms with E-state index >= 15 is 0 Å². The fourth-order valence-electron chi connectivity index (χ4n) is 3.08. The smallest absolute Gasteiger partial charge is 0.335 e. The van der Waals surface area contributed by atoms with Crippen LogP contribution < -0.4 is 0 Å². The summed E-state index contributed by atoms with van der Waals surface area (Å²) in [7, 11) is 0. The van der Waals surface area contributed by atoms with Crippen LogP contribution in [0.15, 0.2) is 42.5 Å². The number of aromatic nitrogens is 1. The first kappa shape index (κ1) is 17.0. The summed E-state index contributed by atoms with van der Waals surface area (Å²) in [6, 6.07) is 12.2. The molecule has 3 aromatic rings. The Morgan fingerprint density at radius 3 is 2.52 bits per heavy atom. The molecule has 2 aromatic carbocycles. The standard InChI is InChI=1S/C19H16ClNO4/c1-11-15(9-18(22)23)16-8-13(19(24)25)5-6-17(16)21(11)10-12-3-2-4-14(20)7-12/h2-8H,9-10H2,1H3,(H,22,23)(H,24,25). The average molecular weight is 358 g/mol. The van der Waals surface area contributed by atoms with Gasteiger partial charge in [-0.2, -0.15) is 0 Å². The van der Waals surface area contributed by atoms with E-state index in [0.29, 0.717) is 22.5 Å². The van der Waals surface area contributed by atoms with Crippen molar-refractivity contribution in [3.05, 3.63) is 69.9 Å². The number of hydrogen-bond acceptors (Lipinski definition) is 2. The van der Waals surface area contributed by atoms with E-state index in [1.165, 1.54) is 12.1 Å². The van der Waals surface area contributed by atoms with Crippen molar-refractivity contribution in [3.63, 3.8) is 0 Å². The van der Waals surface area contributed by atoms with Gasteiger partial charge in [-0.15, -0.1) is 0 Å². The summed E-state index contributed by atoms with van der Waals surface area (Å²) in [6.07, 6.45) is -0.159. The zero-order chi connectivity index (χ0) is 18.1. The molecule has 0 spiro atoms. The molecular weight excluding hydrogens is 342 g/mol. The number of halogens is 1. The SMILES string of the molecule is Cc1c(CC(=O)O)c2cc(C(=O)O)ccc2n1Cc1cccc(Cl)c1. The average Bonchev–Trinajstić information content (AvgIpc) is 2.79. The maximum absolute atomic E-state index is 11.3. The molecule has 0 atom stereocenters. The van der Waals surface area contributed by atoms with E-state index in [4.69, 9.17) is 11.6 Å². The fraction of sp³-hybridized carbons (Fsp3) is 0.158. The summed E-state index contributed by atoms with van der Waals surface area (Å²) < 4.78 is 1.99. The number of hydrogen-bond donors (Lipinski definition) is 2. The zero-order valence-electron chi connectivity index (χ0n) is 13.5. The van der Waals surface area contributed by atoms with Crippen molar-refractivity contribution < 1.29 is 19.8 Å². The molecule has 0 aliphatic heterocycles. The first-order chi connectivity index (χ1) is 11.9. The molecule has 0 amide bonds. The number of rotatable bonds is 5. The quantitative estimate of drug-likeness (QED) is 0.724. The first-order valence-electron chi connectivity index (χ1n) is 7.68. The molecule has 128 valence electrons. The third-order valence-electron chi connectivity index (χ3n) is 4.26. The lowest BCUT2D eigenvalue weighted by Crippen LogP contribution is -2.05. The lowest BCUT2D eigenvalue weighted by Gasteiger charge is -2.09. The van der Waals surface area contributed by atoms with Crippen molar-refractivity contribution in [3.8, 4) is 0 Å². The molecule has 1 aromatic heterocycles. The van der Waals surface area contributed by atoms with Crippen molar-refractivity contribution in [1.29, 1.82) is 0 Å². The predicted octanol–water partition coefficient (Wildman–Crippen LogP) is 3.98. The first-order valence-corrected chi connectivity index (χ1v) is 8.06. The molecular formula is C19H16ClNO4. The van der Waals surface area contributed by atoms with Crippen LogP contribution in [0.1, 0.15) is 27.2 Å². The third kappa shape index (κ3) is 3.37. The van der Waals surface area contributed by atoms with Crippen LogP contribution in [0.25, 0.3) is 10.9 Å². The normalized spacial score (nSPS) is 11.0. The van der Waals surface area contributed by atoms with Crippen LogP contribution in [0.5, 0.6) is 0 Å². The summed E-state index contributed by atoms with van der Waals surface area (Å²) in [5, 5.41) is 19.7. The molecule has 0 saturated heterocycles. The van der Waals surface area contributed by atoms with Gasteiger partial charge in [0.15, 0.2) is 0 Å². The van der Waals surface area contributed by atoms with Crippen LogP contribution >= 0.6 is 11.6 Å². The van der Waals surface area contributed by atoms with Crippen molar-refractivity contribution in [2.45, 2.75) is 19.9 Å². The molecule has 1 heterocycles. The largest absolute Gasteiger partial charge is 0.481 e. The molecule has 0 unspecified atom stereocenters. The summed E-state index contributed by atoms with van der Waals surface area (Å²) in [6.45, 7) is 2.37. The van der Waals surface area contributed by atoms with Gasteiger partial charge in [-0.1, -0.05) is 23.7 Å². The molecule has 0 bridgehead atoms. The zero-order valence-corrected chi connectivity index (χ0v) is 14.2. The lowest BCUT2D eigenvalue weighted by atomic mass is 10.1. The van der Waals surface area contributed by atoms with E-state index in [1.54, 1.807) is 12.1 Å². The van der Waals surface area contributed by atoms with Crippen molar-refractivity contribution in [2.75, 3.05) is 0 Å². The maximum Gasteiger partial charge on any atom is 0.335 e. The van der Waals surface area contributed by atoms with Crippen LogP contribution in [-0.4, -0.2) is 26.7 Å². The molecule has 0 aliphatic carbocycles. The Morgan fingerprint density at radius 2 is 1.88 bits per heavy atom. The van der Waals surface area contributed by atoms with Gasteiger partial charge < -0.3 is 14.8 Å². The van der Waals surface area contributed by atoms with Gasteiger partial charge in [0.05, 0.1) is 12.0 Å². The monoisotopic (exact) mass is 357 g/mol. The summed E-state index contributed by atoms with van der Waals surface area (Å²) in [5.74, 6) is -1.99. The Hall–Kier alpha value is -2.79. The van der Waals surface area contributed by atoms with E-state index < -0.39 is 11.9 Å². The van der Waals surface area contributed by atoms with E-state index in [1.807, 2.05) is 29.7 Å². The van der Waals surface area contributed by atoms with Gasteiger partial charge >= 0.3 is 11.9 Å². The van der Waals surface area contributed by atoms with Crippen molar-refractivity contribution in [2.24, 2.45) is 0 Å². The van der Waals surface area contributed by atoms with Gasteiger partial charge in [-0.05, 0) is 48.4 Å². The van der Waals surface area contributed by atoms with E-state index in [0.717, 1.165) is 16.8 Å². The van der Waals surface area contributed by atoms with Crippen molar-refractivity contribution in [1.82, 2.24) is 4.57 Å². The Kier molecular flexibility index (Phi) is 4.51. The molecule has 0 saturated carbocycles. The van der Waals surface area contributed by atoms with Crippen LogP contribution in [0, 0.1) is 6.92 Å². The third-order valence-corrected chi connectivity index (χ3v) is 4.49. The number of aromatic carboxylic acids is 1. The van der Waals surface area contributed by atoms with E-state index in [2.05, 4.69) is 0 Å². The fourth-order valence-corrected chi connectivity index (χ4v) is 3.29. The second-order valence-electron chi connectivity index (χ2n) is 5.89. The van der Waals surface area contributed by atoms with Crippen LogP contribution in [0.2, 0.25) is 5.02 Å². The molecule has 0 radical (unpaired) electrons. The van der Waals surface area contributed by atoms with Crippen LogP contribution in [0.3, 0.4) is 0 Å². The second-order valence-corrected chi connectivity index (χ2v) is 6.32. The summed E-state index contributed by atoms with van der Waals surface area (Å²) >= 11 is 6.05. The molecule has 0 aliphatic rings. The maximum atomic E-state index is 11.3. The van der Waals surface area contributed by atoms with Crippen LogP contribution in [-0.2, 0) is 17.8 Å². The predicted molar refractivity (Wildman–Crippen MR) is 95.5 cm³/mol. The van der Waals surface area contributed by atoms with Gasteiger partial charge in [0.25, 0.3) is 0 Å². The Labute approximate surface area is 149 Å². The minimum atomic E-state index is -1.04. The van der Waals surface area contributed by atoms with E-state index in [-0.39, 0.29) is 12.0 Å². The molecule has 2 N–H and O–H groups in total. The number of benzene rings is 2. The van der Waals surface area contributed by atoms with Gasteiger partial charge in [0, 0.05) is 28.2 Å². The Morgan fingerprint density at radius 1 is 1.12 bits per heavy atom. The number of aliphatic carboxylic acids is 1. The van der Waals surface area contributed by atoms with Gasteiger partial charge in [0.1, 0.15) is 0 Å². The minimum Gasteiger partial charge on any atom is -0.481 e. The Bertz CT molecular complexity index is 990. The van der Waals surface area contributed by atoms with E-state index in [9.17, 15) is 19.8 Å². The highest BCUT2D eigenvalue weighted by Gasteiger charge is 2.18. The molecule has 6 heteroatoms. The Balaban J connectivity index is 2.19. The highest BCUT2D eigenvalue weighted by atomic mass is 35.5. The van der Waals surface area contributed by atoms with Gasteiger partial charge in [-0.3, -0.25) is 4.79 Å². The number of carboxylic acid groups (broad SMARTS) is 2. The highest BCUT2D eigenvalue weighted by Crippen LogP contribution is 2.29. The minimum absolute atomic E-state index is 0.138. The topological polar surface area (TPSA) is 79.5 Å². The number of nitrogens with zero attached hydrogens (tertiary/aromatic N) is 1. The summed E-state index contributed by atoms with van der Waals surface area (Å²) in [4.78, 5) is 22.5. The van der Waals surface area contributed by atoms with Crippen molar-refractivity contribution >= 4 is 34.4 Å². The second kappa shape index (κ2) is 6.61. The lowest BCUT2D eigenvalue weighted by molar-refractivity contribution is -0.136. The molecule has 5 nitrogen and oxygen atoms in total. The number of carbonyl (C=O) groups is 2. The highest BCUT2D eigenvalue weighted by molar-refractivity contribution is 6.30. The van der Waals surface area contributed by atoms with Gasteiger partial charge in [-0.25, -0.2) is 4.79 Å². The van der Waals surface area contributed by atoms with Crippen LogP contribution in [0.4, 0.5) is 0 Å². The molecule has 3 rings (SSSR count). The van der Waals surface area contributed by atoms with Gasteiger partial charge in [0.2, 0.25) is 0 Å². The molecule has 0 fully saturated rings.